The summed E-state index contributed by atoms with van der Waals surface area (Å²) in [7, 11) is 0. The van der Waals surface area contributed by atoms with Crippen LogP contribution in [-0.4, -0.2) is 10.4 Å². The number of rotatable bonds is 4. The Balaban J connectivity index is 1.26. The topological polar surface area (TPSA) is 29.3 Å². The number of hydrogen-bond donors (Lipinski definition) is 1. The zero-order valence-corrected chi connectivity index (χ0v) is 26.7. The standard InChI is InChI=1S/C46H31N3/c1-3-15-32(16-4-1)39-29-40(48-46(47-39)33-17-5-2-6-18-33)35-27-34-19-9-10-20-36(34)43(28-35)49-41-25-23-30-13-7-11-21-37(30)44(41)45-38-22-12-8-14-31(38)24-26-42(45)49/h1-29,40H,(H,47,48). The van der Waals surface area contributed by atoms with Crippen molar-refractivity contribution in [2.45, 2.75) is 6.04 Å². The molecule has 0 fully saturated rings. The summed E-state index contributed by atoms with van der Waals surface area (Å²) in [6.07, 6.45) is 2.27. The largest absolute Gasteiger partial charge is 0.359 e. The molecule has 1 aromatic heterocycles. The average molecular weight is 626 g/mol. The van der Waals surface area contributed by atoms with Gasteiger partial charge in [0.05, 0.1) is 28.5 Å². The van der Waals surface area contributed by atoms with Crippen LogP contribution in [0, 0.1) is 0 Å². The minimum absolute atomic E-state index is 0.0963. The van der Waals surface area contributed by atoms with E-state index >= 15 is 0 Å². The molecule has 8 aromatic carbocycles. The molecule has 0 saturated heterocycles. The number of aromatic nitrogens is 1. The first-order chi connectivity index (χ1) is 24.3. The van der Waals surface area contributed by atoms with Gasteiger partial charge in [0.1, 0.15) is 5.84 Å². The number of nitrogens with zero attached hydrogens (tertiary/aromatic N) is 2. The van der Waals surface area contributed by atoms with E-state index in [1.54, 1.807) is 0 Å². The fraction of sp³-hybridized carbons (Fsp3) is 0.0217. The predicted molar refractivity (Wildman–Crippen MR) is 207 cm³/mol. The maximum absolute atomic E-state index is 5.13. The van der Waals surface area contributed by atoms with E-state index in [0.717, 1.165) is 22.7 Å². The highest BCUT2D eigenvalue weighted by Gasteiger charge is 2.23. The maximum Gasteiger partial charge on any atom is 0.134 e. The summed E-state index contributed by atoms with van der Waals surface area (Å²) in [5, 5.41) is 13.8. The normalized spacial score (nSPS) is 14.7. The van der Waals surface area contributed by atoms with Crippen LogP contribution in [0.4, 0.5) is 0 Å². The number of benzene rings is 8. The van der Waals surface area contributed by atoms with E-state index in [1.165, 1.54) is 65.4 Å². The van der Waals surface area contributed by atoms with E-state index in [-0.39, 0.29) is 6.04 Å². The van der Waals surface area contributed by atoms with Gasteiger partial charge in [-0.05, 0) is 68.4 Å². The minimum Gasteiger partial charge on any atom is -0.359 e. The Kier molecular flexibility index (Phi) is 6.25. The molecular weight excluding hydrogens is 595 g/mol. The summed E-state index contributed by atoms with van der Waals surface area (Å²) in [6.45, 7) is 0. The SMILES string of the molecule is C1=C(c2ccccc2)N=C(c2ccccc2)NC1c1cc(-n2c3ccc4ccccc4c3c3c4ccccc4ccc32)c2ccccc2c1. The molecule has 1 aliphatic rings. The lowest BCUT2D eigenvalue weighted by molar-refractivity contribution is 0.781. The Hall–Kier alpha value is -6.45. The highest BCUT2D eigenvalue weighted by Crippen LogP contribution is 2.42. The summed E-state index contributed by atoms with van der Waals surface area (Å²) < 4.78 is 2.49. The lowest BCUT2D eigenvalue weighted by Gasteiger charge is -2.25. The first-order valence-electron chi connectivity index (χ1n) is 16.8. The van der Waals surface area contributed by atoms with Gasteiger partial charge in [-0.15, -0.1) is 0 Å². The average Bonchev–Trinajstić information content (AvgIpc) is 3.53. The van der Waals surface area contributed by atoms with Crippen molar-refractivity contribution in [1.29, 1.82) is 0 Å². The lowest BCUT2D eigenvalue weighted by atomic mass is 9.96. The van der Waals surface area contributed by atoms with E-state index in [1.807, 2.05) is 6.07 Å². The van der Waals surface area contributed by atoms with Crippen molar-refractivity contribution in [3.05, 3.63) is 193 Å². The first-order valence-corrected chi connectivity index (χ1v) is 16.8. The molecule has 1 N–H and O–H groups in total. The van der Waals surface area contributed by atoms with Crippen LogP contribution in [0.2, 0.25) is 0 Å². The second-order valence-electron chi connectivity index (χ2n) is 12.8. The van der Waals surface area contributed by atoms with Crippen molar-refractivity contribution in [2.75, 3.05) is 0 Å². The molecule has 0 bridgehead atoms. The summed E-state index contributed by atoms with van der Waals surface area (Å²) >= 11 is 0. The number of amidine groups is 1. The zero-order chi connectivity index (χ0) is 32.3. The van der Waals surface area contributed by atoms with Gasteiger partial charge >= 0.3 is 0 Å². The third-order valence-electron chi connectivity index (χ3n) is 9.97. The quantitative estimate of drug-likeness (QED) is 0.207. The van der Waals surface area contributed by atoms with Crippen molar-refractivity contribution in [3.63, 3.8) is 0 Å². The Morgan fingerprint density at radius 3 is 1.63 bits per heavy atom. The minimum atomic E-state index is -0.0963. The molecule has 1 unspecified atom stereocenters. The molecule has 9 aromatic rings. The van der Waals surface area contributed by atoms with Crippen LogP contribution < -0.4 is 5.32 Å². The van der Waals surface area contributed by atoms with Gasteiger partial charge < -0.3 is 9.88 Å². The molecule has 0 aliphatic carbocycles. The molecule has 230 valence electrons. The van der Waals surface area contributed by atoms with Gasteiger partial charge in [-0.1, -0.05) is 146 Å². The van der Waals surface area contributed by atoms with Crippen LogP contribution >= 0.6 is 0 Å². The summed E-state index contributed by atoms with van der Waals surface area (Å²) in [5.74, 6) is 0.872. The number of aliphatic imine (C=N–C) groups is 1. The van der Waals surface area contributed by atoms with E-state index < -0.39 is 0 Å². The van der Waals surface area contributed by atoms with Gasteiger partial charge in [-0.25, -0.2) is 4.99 Å². The van der Waals surface area contributed by atoms with Crippen LogP contribution in [0.25, 0.3) is 65.5 Å². The molecule has 0 amide bonds. The van der Waals surface area contributed by atoms with E-state index in [0.29, 0.717) is 0 Å². The van der Waals surface area contributed by atoms with Gasteiger partial charge in [-0.2, -0.15) is 0 Å². The van der Waals surface area contributed by atoms with Crippen molar-refractivity contribution < 1.29 is 0 Å². The fourth-order valence-electron chi connectivity index (χ4n) is 7.72. The van der Waals surface area contributed by atoms with Gasteiger partial charge in [0.2, 0.25) is 0 Å². The zero-order valence-electron chi connectivity index (χ0n) is 26.7. The molecule has 0 radical (unpaired) electrons. The van der Waals surface area contributed by atoms with Crippen molar-refractivity contribution in [1.82, 2.24) is 9.88 Å². The Labute approximate surface area is 284 Å². The predicted octanol–water partition coefficient (Wildman–Crippen LogP) is 11.4. The van der Waals surface area contributed by atoms with Crippen molar-refractivity contribution in [2.24, 2.45) is 4.99 Å². The Morgan fingerprint density at radius 2 is 1.00 bits per heavy atom. The molecule has 10 rings (SSSR count). The Bertz CT molecular complexity index is 2700. The van der Waals surface area contributed by atoms with E-state index in [4.69, 9.17) is 4.99 Å². The molecule has 1 atom stereocenters. The van der Waals surface area contributed by atoms with Crippen LogP contribution in [-0.2, 0) is 0 Å². The van der Waals surface area contributed by atoms with Crippen LogP contribution in [0.5, 0.6) is 0 Å². The number of fused-ring (bicyclic) bond motifs is 8. The van der Waals surface area contributed by atoms with Crippen molar-refractivity contribution in [3.8, 4) is 5.69 Å². The molecule has 0 spiro atoms. The molecule has 3 heteroatoms. The van der Waals surface area contributed by atoms with Crippen molar-refractivity contribution >= 4 is 65.7 Å². The van der Waals surface area contributed by atoms with Crippen LogP contribution in [0.15, 0.2) is 181 Å². The van der Waals surface area contributed by atoms with Gasteiger partial charge in [0.25, 0.3) is 0 Å². The molecule has 49 heavy (non-hydrogen) atoms. The molecule has 3 nitrogen and oxygen atoms in total. The molecule has 2 heterocycles. The fourth-order valence-corrected chi connectivity index (χ4v) is 7.72. The van der Waals surface area contributed by atoms with Crippen LogP contribution in [0.3, 0.4) is 0 Å². The molecule has 1 aliphatic heterocycles. The summed E-state index contributed by atoms with van der Waals surface area (Å²) in [4.78, 5) is 5.13. The van der Waals surface area contributed by atoms with Crippen LogP contribution in [0.1, 0.15) is 22.7 Å². The number of hydrogen-bond acceptors (Lipinski definition) is 2. The Morgan fingerprint density at radius 1 is 0.469 bits per heavy atom. The lowest BCUT2D eigenvalue weighted by Crippen LogP contribution is -2.31. The number of nitrogens with one attached hydrogen (secondary N) is 1. The van der Waals surface area contributed by atoms with E-state index in [2.05, 4.69) is 180 Å². The summed E-state index contributed by atoms with van der Waals surface area (Å²) in [6, 6.07) is 61.0. The summed E-state index contributed by atoms with van der Waals surface area (Å²) in [5.41, 5.74) is 7.89. The molecule has 0 saturated carbocycles. The highest BCUT2D eigenvalue weighted by molar-refractivity contribution is 6.28. The third kappa shape index (κ3) is 4.47. The monoisotopic (exact) mass is 625 g/mol. The van der Waals surface area contributed by atoms with Gasteiger partial charge in [-0.3, -0.25) is 0 Å². The van der Waals surface area contributed by atoms with E-state index in [9.17, 15) is 0 Å². The maximum atomic E-state index is 5.13. The third-order valence-corrected chi connectivity index (χ3v) is 9.97. The second kappa shape index (κ2) is 11.1. The van der Waals surface area contributed by atoms with Gasteiger partial charge in [0.15, 0.2) is 0 Å². The second-order valence-corrected chi connectivity index (χ2v) is 12.8. The smallest absolute Gasteiger partial charge is 0.134 e. The molecular formula is C46H31N3. The van der Waals surface area contributed by atoms with Gasteiger partial charge in [0, 0.05) is 21.7 Å². The highest BCUT2D eigenvalue weighted by atomic mass is 15.1. The first kappa shape index (κ1) is 27.6.